The van der Waals surface area contributed by atoms with Crippen molar-refractivity contribution in [2.45, 2.75) is 0 Å². The Bertz CT molecular complexity index is 2230. The van der Waals surface area contributed by atoms with Crippen LogP contribution in [0.3, 0.4) is 0 Å². The van der Waals surface area contributed by atoms with Crippen LogP contribution in [0, 0.1) is 0 Å². The number of hydrogen-bond donors (Lipinski definition) is 0. The zero-order chi connectivity index (χ0) is 25.5. The summed E-state index contributed by atoms with van der Waals surface area (Å²) in [5.74, 6) is 0. The van der Waals surface area contributed by atoms with Crippen molar-refractivity contribution in [3.05, 3.63) is 140 Å². The fourth-order valence-electron chi connectivity index (χ4n) is 6.76. The minimum absolute atomic E-state index is 1.15. The molecule has 180 valence electrons. The Labute approximate surface area is 226 Å². The Morgan fingerprint density at radius 1 is 0.282 bits per heavy atom. The van der Waals surface area contributed by atoms with E-state index >= 15 is 0 Å². The van der Waals surface area contributed by atoms with Gasteiger partial charge in [-0.25, -0.2) is 0 Å². The number of para-hydroxylation sites is 1. The normalized spacial score (nSPS) is 12.1. The summed E-state index contributed by atoms with van der Waals surface area (Å²) in [6, 6.07) is 51.2. The lowest BCUT2D eigenvalue weighted by Gasteiger charge is -2.26. The Kier molecular flexibility index (Phi) is 4.11. The molecule has 0 saturated carbocycles. The van der Waals surface area contributed by atoms with E-state index in [1.807, 2.05) is 0 Å². The van der Waals surface area contributed by atoms with Crippen molar-refractivity contribution in [2.75, 3.05) is 4.90 Å². The molecule has 0 N–H and O–H groups in total. The predicted octanol–water partition coefficient (Wildman–Crippen LogP) is 10.9. The van der Waals surface area contributed by atoms with Gasteiger partial charge >= 0.3 is 0 Å². The highest BCUT2D eigenvalue weighted by Gasteiger charge is 2.26. The lowest BCUT2D eigenvalue weighted by Crippen LogP contribution is -2.09. The van der Waals surface area contributed by atoms with Gasteiger partial charge in [0, 0.05) is 17.1 Å². The van der Waals surface area contributed by atoms with Crippen LogP contribution < -0.4 is 4.90 Å². The molecule has 1 nitrogen and oxygen atoms in total. The quantitative estimate of drug-likeness (QED) is 0.221. The predicted molar refractivity (Wildman–Crippen MR) is 167 cm³/mol. The van der Waals surface area contributed by atoms with Crippen LogP contribution in [-0.4, -0.2) is 0 Å². The van der Waals surface area contributed by atoms with Gasteiger partial charge in [0.2, 0.25) is 0 Å². The second-order valence-electron chi connectivity index (χ2n) is 10.6. The van der Waals surface area contributed by atoms with Gasteiger partial charge in [0.1, 0.15) is 0 Å². The van der Waals surface area contributed by atoms with Crippen LogP contribution in [0.25, 0.3) is 65.3 Å². The zero-order valence-electron chi connectivity index (χ0n) is 21.2. The Balaban J connectivity index is 1.31. The third-order valence-corrected chi connectivity index (χ3v) is 8.48. The molecule has 0 atom stereocenters. The van der Waals surface area contributed by atoms with E-state index in [0.717, 1.165) is 17.1 Å². The summed E-state index contributed by atoms with van der Waals surface area (Å²) in [5, 5.41) is 10.6. The molecule has 1 aliphatic rings. The van der Waals surface area contributed by atoms with E-state index in [2.05, 4.69) is 144 Å². The SMILES string of the molecule is c1ccc(N(c2ccc3c(c2)-c2cc4cccc5ccc6ccc-3c2c6c54)c2ccc3ccccc3c2)cc1. The highest BCUT2D eigenvalue weighted by Crippen LogP contribution is 2.53. The first-order chi connectivity index (χ1) is 19.3. The number of fused-ring (bicyclic) bond motifs is 4. The molecule has 0 radical (unpaired) electrons. The highest BCUT2D eigenvalue weighted by molar-refractivity contribution is 6.32. The van der Waals surface area contributed by atoms with E-state index in [9.17, 15) is 0 Å². The Hall–Kier alpha value is -5.14. The number of hydrogen-bond acceptors (Lipinski definition) is 1. The fraction of sp³-hybridized carbons (Fsp3) is 0. The van der Waals surface area contributed by atoms with Gasteiger partial charge in [-0.2, -0.15) is 0 Å². The topological polar surface area (TPSA) is 3.24 Å². The lowest BCUT2D eigenvalue weighted by atomic mass is 9.91. The third kappa shape index (κ3) is 2.90. The molecule has 0 spiro atoms. The molecule has 39 heavy (non-hydrogen) atoms. The molecular formula is C38H23N. The molecule has 0 fully saturated rings. The maximum Gasteiger partial charge on any atom is 0.0468 e. The van der Waals surface area contributed by atoms with Gasteiger partial charge in [0.25, 0.3) is 0 Å². The van der Waals surface area contributed by atoms with Crippen molar-refractivity contribution in [3.8, 4) is 22.3 Å². The van der Waals surface area contributed by atoms with Gasteiger partial charge in [-0.1, -0.05) is 97.1 Å². The molecule has 0 aliphatic heterocycles. The van der Waals surface area contributed by atoms with Crippen LogP contribution in [0.1, 0.15) is 0 Å². The molecule has 0 heterocycles. The molecule has 0 aromatic heterocycles. The van der Waals surface area contributed by atoms with Gasteiger partial charge in [0.15, 0.2) is 0 Å². The van der Waals surface area contributed by atoms with E-state index in [4.69, 9.17) is 0 Å². The van der Waals surface area contributed by atoms with Gasteiger partial charge in [-0.15, -0.1) is 0 Å². The summed E-state index contributed by atoms with van der Waals surface area (Å²) in [4.78, 5) is 2.38. The Morgan fingerprint density at radius 3 is 1.82 bits per heavy atom. The summed E-state index contributed by atoms with van der Waals surface area (Å²) in [6.07, 6.45) is 0. The molecule has 0 bridgehead atoms. The maximum absolute atomic E-state index is 2.41. The molecule has 8 aromatic rings. The van der Waals surface area contributed by atoms with Crippen LogP contribution in [0.15, 0.2) is 140 Å². The smallest absolute Gasteiger partial charge is 0.0468 e. The first-order valence-electron chi connectivity index (χ1n) is 13.5. The first-order valence-corrected chi connectivity index (χ1v) is 13.5. The number of nitrogens with zero attached hydrogens (tertiary/aromatic N) is 1. The van der Waals surface area contributed by atoms with Crippen molar-refractivity contribution in [1.82, 2.24) is 0 Å². The van der Waals surface area contributed by atoms with Gasteiger partial charge in [-0.05, 0) is 108 Å². The molecule has 9 rings (SSSR count). The van der Waals surface area contributed by atoms with Crippen molar-refractivity contribution in [3.63, 3.8) is 0 Å². The van der Waals surface area contributed by atoms with Crippen LogP contribution >= 0.6 is 0 Å². The van der Waals surface area contributed by atoms with Gasteiger partial charge < -0.3 is 4.90 Å². The largest absolute Gasteiger partial charge is 0.310 e. The molecule has 1 heteroatoms. The molecule has 0 saturated heterocycles. The van der Waals surface area contributed by atoms with E-state index < -0.39 is 0 Å². The summed E-state index contributed by atoms with van der Waals surface area (Å²) < 4.78 is 0. The van der Waals surface area contributed by atoms with E-state index in [1.54, 1.807) is 0 Å². The van der Waals surface area contributed by atoms with Gasteiger partial charge in [0.05, 0.1) is 0 Å². The maximum atomic E-state index is 2.41. The molecular weight excluding hydrogens is 470 g/mol. The monoisotopic (exact) mass is 493 g/mol. The van der Waals surface area contributed by atoms with Crippen molar-refractivity contribution < 1.29 is 0 Å². The first kappa shape index (κ1) is 20.9. The zero-order valence-corrected chi connectivity index (χ0v) is 21.2. The Morgan fingerprint density at radius 2 is 0.923 bits per heavy atom. The number of rotatable bonds is 3. The molecule has 0 amide bonds. The van der Waals surface area contributed by atoms with Crippen LogP contribution in [0.5, 0.6) is 0 Å². The average Bonchev–Trinajstić information content (AvgIpc) is 3.31. The van der Waals surface area contributed by atoms with Crippen LogP contribution in [0.2, 0.25) is 0 Å². The fourth-order valence-corrected chi connectivity index (χ4v) is 6.76. The second kappa shape index (κ2) is 7.69. The summed E-state index contributed by atoms with van der Waals surface area (Å²) in [7, 11) is 0. The standard InChI is InChI=1S/C38H23N/c1-2-11-29(12-3-1)39(30-17-15-24-7-4-5-8-27(24)21-30)31-18-20-32-33-19-16-26-14-13-25-9-6-10-28-22-35(34(32)23-31)38(33)37(26)36(25)28/h1-23H. The van der Waals surface area contributed by atoms with Crippen LogP contribution in [-0.2, 0) is 0 Å². The summed E-state index contributed by atoms with van der Waals surface area (Å²) >= 11 is 0. The van der Waals surface area contributed by atoms with Crippen LogP contribution in [0.4, 0.5) is 17.1 Å². The molecule has 1 aliphatic carbocycles. The number of benzene rings is 8. The van der Waals surface area contributed by atoms with E-state index in [-0.39, 0.29) is 0 Å². The van der Waals surface area contributed by atoms with Gasteiger partial charge in [-0.3, -0.25) is 0 Å². The number of anilines is 3. The molecule has 8 aromatic carbocycles. The third-order valence-electron chi connectivity index (χ3n) is 8.48. The van der Waals surface area contributed by atoms with E-state index in [0.29, 0.717) is 0 Å². The van der Waals surface area contributed by atoms with Crippen molar-refractivity contribution in [1.29, 1.82) is 0 Å². The second-order valence-corrected chi connectivity index (χ2v) is 10.6. The lowest BCUT2D eigenvalue weighted by molar-refractivity contribution is 1.29. The van der Waals surface area contributed by atoms with Crippen molar-refractivity contribution in [2.24, 2.45) is 0 Å². The summed E-state index contributed by atoms with van der Waals surface area (Å²) in [5.41, 5.74) is 8.78. The molecule has 0 unspecified atom stereocenters. The minimum atomic E-state index is 1.15. The highest BCUT2D eigenvalue weighted by atomic mass is 15.1. The minimum Gasteiger partial charge on any atom is -0.310 e. The van der Waals surface area contributed by atoms with E-state index in [1.165, 1.54) is 65.3 Å². The van der Waals surface area contributed by atoms with Crippen molar-refractivity contribution >= 4 is 60.2 Å². The average molecular weight is 494 g/mol. The summed E-state index contributed by atoms with van der Waals surface area (Å²) in [6.45, 7) is 0.